The standard InChI is InChI=1S/C11H16N2O2/c1-9(14)11-6-12-13(8-11)7-10-2-4-15-5-3-10/h6,8,10H,2-5,7H2,1H3. The summed E-state index contributed by atoms with van der Waals surface area (Å²) in [5.41, 5.74) is 0.696. The van der Waals surface area contributed by atoms with Gasteiger partial charge in [0.2, 0.25) is 0 Å². The van der Waals surface area contributed by atoms with E-state index in [1.165, 1.54) is 0 Å². The molecular formula is C11H16N2O2. The quantitative estimate of drug-likeness (QED) is 0.707. The molecule has 15 heavy (non-hydrogen) atoms. The number of hydrogen-bond donors (Lipinski definition) is 0. The van der Waals surface area contributed by atoms with Gasteiger partial charge >= 0.3 is 0 Å². The van der Waals surface area contributed by atoms with Crippen molar-refractivity contribution in [2.45, 2.75) is 26.3 Å². The minimum atomic E-state index is 0.0771. The fraction of sp³-hybridized carbons (Fsp3) is 0.636. The number of nitrogens with zero attached hydrogens (tertiary/aromatic N) is 2. The first kappa shape index (κ1) is 10.4. The van der Waals surface area contributed by atoms with E-state index in [1.54, 1.807) is 13.1 Å². The maximum Gasteiger partial charge on any atom is 0.162 e. The van der Waals surface area contributed by atoms with E-state index in [0.717, 1.165) is 32.6 Å². The summed E-state index contributed by atoms with van der Waals surface area (Å²) >= 11 is 0. The van der Waals surface area contributed by atoms with Crippen molar-refractivity contribution < 1.29 is 9.53 Å². The van der Waals surface area contributed by atoms with Crippen LogP contribution in [-0.2, 0) is 11.3 Å². The fourth-order valence-electron chi connectivity index (χ4n) is 1.84. The maximum atomic E-state index is 11.1. The first-order valence-electron chi connectivity index (χ1n) is 5.37. The normalized spacial score (nSPS) is 17.9. The van der Waals surface area contributed by atoms with Crippen molar-refractivity contribution >= 4 is 5.78 Å². The molecule has 2 rings (SSSR count). The van der Waals surface area contributed by atoms with Gasteiger partial charge in [0.1, 0.15) is 0 Å². The van der Waals surface area contributed by atoms with Crippen LogP contribution in [-0.4, -0.2) is 28.8 Å². The van der Waals surface area contributed by atoms with E-state index < -0.39 is 0 Å². The van der Waals surface area contributed by atoms with Crippen LogP contribution in [0, 0.1) is 5.92 Å². The molecule has 0 amide bonds. The Labute approximate surface area is 89.2 Å². The Morgan fingerprint density at radius 2 is 2.33 bits per heavy atom. The van der Waals surface area contributed by atoms with Crippen molar-refractivity contribution in [1.29, 1.82) is 0 Å². The summed E-state index contributed by atoms with van der Waals surface area (Å²) in [6.07, 6.45) is 5.66. The summed E-state index contributed by atoms with van der Waals surface area (Å²) in [5, 5.41) is 4.19. The van der Waals surface area contributed by atoms with Crippen molar-refractivity contribution in [1.82, 2.24) is 9.78 Å². The van der Waals surface area contributed by atoms with Crippen LogP contribution in [0.3, 0.4) is 0 Å². The SMILES string of the molecule is CC(=O)c1cnn(CC2CCOCC2)c1. The van der Waals surface area contributed by atoms with Gasteiger partial charge in [-0.25, -0.2) is 0 Å². The lowest BCUT2D eigenvalue weighted by molar-refractivity contribution is 0.0601. The van der Waals surface area contributed by atoms with Gasteiger partial charge in [0, 0.05) is 26.0 Å². The monoisotopic (exact) mass is 208 g/mol. The van der Waals surface area contributed by atoms with Gasteiger partial charge < -0.3 is 4.74 Å². The molecule has 1 aromatic rings. The molecule has 4 heteroatoms. The third-order valence-electron chi connectivity index (χ3n) is 2.83. The summed E-state index contributed by atoms with van der Waals surface area (Å²) in [4.78, 5) is 11.1. The second-order valence-electron chi connectivity index (χ2n) is 4.06. The first-order valence-corrected chi connectivity index (χ1v) is 5.37. The van der Waals surface area contributed by atoms with Gasteiger partial charge in [-0.05, 0) is 25.7 Å². The Balaban J connectivity index is 1.94. The lowest BCUT2D eigenvalue weighted by Gasteiger charge is -2.21. The second kappa shape index (κ2) is 4.57. The summed E-state index contributed by atoms with van der Waals surface area (Å²) < 4.78 is 7.16. The fourth-order valence-corrected chi connectivity index (χ4v) is 1.84. The molecule has 1 aliphatic rings. The lowest BCUT2D eigenvalue weighted by Crippen LogP contribution is -2.20. The minimum absolute atomic E-state index is 0.0771. The van der Waals surface area contributed by atoms with E-state index >= 15 is 0 Å². The van der Waals surface area contributed by atoms with E-state index in [9.17, 15) is 4.79 Å². The Morgan fingerprint density at radius 3 is 2.93 bits per heavy atom. The van der Waals surface area contributed by atoms with Crippen LogP contribution in [0.5, 0.6) is 0 Å². The van der Waals surface area contributed by atoms with Crippen LogP contribution >= 0.6 is 0 Å². The topological polar surface area (TPSA) is 44.1 Å². The largest absolute Gasteiger partial charge is 0.381 e. The van der Waals surface area contributed by atoms with Crippen molar-refractivity contribution in [2.75, 3.05) is 13.2 Å². The van der Waals surface area contributed by atoms with Gasteiger partial charge in [-0.1, -0.05) is 0 Å². The molecule has 2 heterocycles. The van der Waals surface area contributed by atoms with Crippen molar-refractivity contribution in [2.24, 2.45) is 5.92 Å². The molecule has 0 bridgehead atoms. The zero-order valence-corrected chi connectivity index (χ0v) is 8.98. The van der Waals surface area contributed by atoms with E-state index in [1.807, 2.05) is 10.9 Å². The number of hydrogen-bond acceptors (Lipinski definition) is 3. The summed E-state index contributed by atoms with van der Waals surface area (Å²) in [6.45, 7) is 4.17. The molecule has 1 fully saturated rings. The molecule has 0 unspecified atom stereocenters. The Kier molecular flexibility index (Phi) is 3.16. The van der Waals surface area contributed by atoms with E-state index in [0.29, 0.717) is 11.5 Å². The number of carbonyl (C=O) groups excluding carboxylic acids is 1. The molecule has 0 aromatic carbocycles. The van der Waals surface area contributed by atoms with Crippen LogP contribution < -0.4 is 0 Å². The molecule has 1 saturated heterocycles. The van der Waals surface area contributed by atoms with Crippen LogP contribution in [0.1, 0.15) is 30.1 Å². The lowest BCUT2D eigenvalue weighted by atomic mass is 10.0. The predicted octanol–water partition coefficient (Wildman–Crippen LogP) is 1.51. The van der Waals surface area contributed by atoms with E-state index in [-0.39, 0.29) is 5.78 Å². The molecule has 0 radical (unpaired) electrons. The maximum absolute atomic E-state index is 11.1. The van der Waals surface area contributed by atoms with Crippen LogP contribution in [0.2, 0.25) is 0 Å². The van der Waals surface area contributed by atoms with Crippen LogP contribution in [0.15, 0.2) is 12.4 Å². The Bertz CT molecular complexity index is 340. The van der Waals surface area contributed by atoms with E-state index in [2.05, 4.69) is 5.10 Å². The second-order valence-corrected chi connectivity index (χ2v) is 4.06. The van der Waals surface area contributed by atoms with Gasteiger partial charge in [-0.15, -0.1) is 0 Å². The molecule has 4 nitrogen and oxygen atoms in total. The van der Waals surface area contributed by atoms with Gasteiger partial charge in [0.05, 0.1) is 11.8 Å². The highest BCUT2D eigenvalue weighted by Crippen LogP contribution is 2.16. The third-order valence-corrected chi connectivity index (χ3v) is 2.83. The summed E-state index contributed by atoms with van der Waals surface area (Å²) in [7, 11) is 0. The molecule has 82 valence electrons. The third kappa shape index (κ3) is 2.65. The molecule has 1 aromatic heterocycles. The molecule has 0 saturated carbocycles. The first-order chi connectivity index (χ1) is 7.25. The Hall–Kier alpha value is -1.16. The smallest absolute Gasteiger partial charge is 0.162 e. The zero-order chi connectivity index (χ0) is 10.7. The molecular weight excluding hydrogens is 192 g/mol. The average Bonchev–Trinajstić information content (AvgIpc) is 2.68. The molecule has 0 spiro atoms. The summed E-state index contributed by atoms with van der Waals surface area (Å²) in [5.74, 6) is 0.715. The van der Waals surface area contributed by atoms with Gasteiger partial charge in [0.25, 0.3) is 0 Å². The highest BCUT2D eigenvalue weighted by atomic mass is 16.5. The molecule has 0 atom stereocenters. The number of aromatic nitrogens is 2. The molecule has 0 N–H and O–H groups in total. The van der Waals surface area contributed by atoms with Crippen LogP contribution in [0.4, 0.5) is 0 Å². The van der Waals surface area contributed by atoms with Crippen molar-refractivity contribution in [3.05, 3.63) is 18.0 Å². The predicted molar refractivity (Wildman–Crippen MR) is 55.8 cm³/mol. The number of carbonyl (C=O) groups is 1. The average molecular weight is 208 g/mol. The Morgan fingerprint density at radius 1 is 1.60 bits per heavy atom. The van der Waals surface area contributed by atoms with Gasteiger partial charge in [-0.2, -0.15) is 5.10 Å². The highest BCUT2D eigenvalue weighted by Gasteiger charge is 2.15. The number of Topliss-reactive ketones (excluding diaryl/α,β-unsaturated/α-hetero) is 1. The number of rotatable bonds is 3. The summed E-state index contributed by atoms with van der Waals surface area (Å²) in [6, 6.07) is 0. The highest BCUT2D eigenvalue weighted by molar-refractivity contribution is 5.93. The van der Waals surface area contributed by atoms with Gasteiger partial charge in [-0.3, -0.25) is 9.48 Å². The van der Waals surface area contributed by atoms with Gasteiger partial charge in [0.15, 0.2) is 5.78 Å². The van der Waals surface area contributed by atoms with Crippen molar-refractivity contribution in [3.63, 3.8) is 0 Å². The zero-order valence-electron chi connectivity index (χ0n) is 8.98. The number of ketones is 1. The minimum Gasteiger partial charge on any atom is -0.381 e. The number of ether oxygens (including phenoxy) is 1. The van der Waals surface area contributed by atoms with Crippen molar-refractivity contribution in [3.8, 4) is 0 Å². The molecule has 1 aliphatic heterocycles. The van der Waals surface area contributed by atoms with E-state index in [4.69, 9.17) is 4.74 Å². The van der Waals surface area contributed by atoms with Crippen LogP contribution in [0.25, 0.3) is 0 Å². The molecule has 0 aliphatic carbocycles.